The van der Waals surface area contributed by atoms with Gasteiger partial charge < -0.3 is 14.2 Å². The zero-order valence-electron chi connectivity index (χ0n) is 19.1. The van der Waals surface area contributed by atoms with Gasteiger partial charge >= 0.3 is 5.97 Å². The standard InChI is InChI=1S/C27H36O4/c1-4-6-15-22(12-5-2)30-27(24-19-18-20(3)29-26(24)28)31-25-17-11-10-16-23(25)21-13-8-7-9-14-21/h7-11,13-14,16-17,20,22,24,27H,4-6,12,15,18-19H2,1-3H3/t20-,22?,24-,27?/m1/s1. The van der Waals surface area contributed by atoms with Gasteiger partial charge in [-0.2, -0.15) is 0 Å². The Morgan fingerprint density at radius 3 is 2.42 bits per heavy atom. The summed E-state index contributed by atoms with van der Waals surface area (Å²) < 4.78 is 18.5. The molecule has 168 valence electrons. The van der Waals surface area contributed by atoms with Gasteiger partial charge in [-0.1, -0.05) is 81.6 Å². The Bertz CT molecular complexity index is 804. The third kappa shape index (κ3) is 6.57. The second-order valence-corrected chi connectivity index (χ2v) is 8.47. The highest BCUT2D eigenvalue weighted by Gasteiger charge is 2.38. The molecule has 0 amide bonds. The summed E-state index contributed by atoms with van der Waals surface area (Å²) in [5, 5.41) is 0. The summed E-state index contributed by atoms with van der Waals surface area (Å²) in [4.78, 5) is 12.8. The van der Waals surface area contributed by atoms with Gasteiger partial charge in [0.15, 0.2) is 0 Å². The fourth-order valence-electron chi connectivity index (χ4n) is 4.10. The number of unbranched alkanes of at least 4 members (excludes halogenated alkanes) is 1. The lowest BCUT2D eigenvalue weighted by Crippen LogP contribution is -2.43. The molecule has 31 heavy (non-hydrogen) atoms. The summed E-state index contributed by atoms with van der Waals surface area (Å²) in [6.45, 7) is 6.29. The van der Waals surface area contributed by atoms with Gasteiger partial charge in [0.1, 0.15) is 11.7 Å². The number of hydrogen-bond donors (Lipinski definition) is 0. The normalized spacial score (nSPS) is 20.7. The van der Waals surface area contributed by atoms with E-state index in [4.69, 9.17) is 14.2 Å². The Morgan fingerprint density at radius 1 is 0.968 bits per heavy atom. The van der Waals surface area contributed by atoms with E-state index in [0.29, 0.717) is 6.42 Å². The zero-order valence-corrected chi connectivity index (χ0v) is 19.1. The first-order valence-corrected chi connectivity index (χ1v) is 11.8. The second-order valence-electron chi connectivity index (χ2n) is 8.47. The minimum Gasteiger partial charge on any atom is -0.463 e. The lowest BCUT2D eigenvalue weighted by Gasteiger charge is -2.34. The van der Waals surface area contributed by atoms with Crippen molar-refractivity contribution in [3.63, 3.8) is 0 Å². The van der Waals surface area contributed by atoms with Crippen LogP contribution in [0.15, 0.2) is 54.6 Å². The number of carbonyl (C=O) groups excluding carboxylic acids is 1. The smallest absolute Gasteiger partial charge is 0.315 e. The van der Waals surface area contributed by atoms with Crippen molar-refractivity contribution in [3.8, 4) is 16.9 Å². The fourth-order valence-corrected chi connectivity index (χ4v) is 4.10. The van der Waals surface area contributed by atoms with Crippen LogP contribution in [0.25, 0.3) is 11.1 Å². The fraction of sp³-hybridized carbons (Fsp3) is 0.519. The Morgan fingerprint density at radius 2 is 1.71 bits per heavy atom. The molecule has 0 saturated carbocycles. The average molecular weight is 425 g/mol. The average Bonchev–Trinajstić information content (AvgIpc) is 2.78. The maximum absolute atomic E-state index is 12.8. The van der Waals surface area contributed by atoms with Gasteiger partial charge in [-0.15, -0.1) is 0 Å². The quantitative estimate of drug-likeness (QED) is 0.295. The Hall–Kier alpha value is -2.33. The van der Waals surface area contributed by atoms with Crippen LogP contribution in [0.1, 0.15) is 65.7 Å². The zero-order chi connectivity index (χ0) is 22.1. The van der Waals surface area contributed by atoms with Crippen molar-refractivity contribution in [2.24, 2.45) is 5.92 Å². The molecule has 3 rings (SSSR count). The third-order valence-electron chi connectivity index (χ3n) is 5.86. The first kappa shape index (κ1) is 23.3. The molecule has 4 nitrogen and oxygen atoms in total. The van der Waals surface area contributed by atoms with Crippen LogP contribution >= 0.6 is 0 Å². The van der Waals surface area contributed by atoms with Gasteiger partial charge in [-0.3, -0.25) is 4.79 Å². The topological polar surface area (TPSA) is 44.8 Å². The summed E-state index contributed by atoms with van der Waals surface area (Å²) >= 11 is 0. The molecule has 0 aromatic heterocycles. The molecule has 1 fully saturated rings. The van der Waals surface area contributed by atoms with Crippen molar-refractivity contribution < 1.29 is 19.0 Å². The van der Waals surface area contributed by atoms with E-state index >= 15 is 0 Å². The number of ether oxygens (including phenoxy) is 3. The molecule has 2 unspecified atom stereocenters. The van der Waals surface area contributed by atoms with Crippen LogP contribution < -0.4 is 4.74 Å². The van der Waals surface area contributed by atoms with E-state index in [1.54, 1.807) is 0 Å². The summed E-state index contributed by atoms with van der Waals surface area (Å²) in [5.41, 5.74) is 2.07. The van der Waals surface area contributed by atoms with Crippen LogP contribution in [0.2, 0.25) is 0 Å². The maximum Gasteiger partial charge on any atom is 0.315 e. The van der Waals surface area contributed by atoms with Crippen molar-refractivity contribution in [1.82, 2.24) is 0 Å². The van der Waals surface area contributed by atoms with Gasteiger partial charge in [0.2, 0.25) is 6.29 Å². The minimum absolute atomic E-state index is 0.0486. The summed E-state index contributed by atoms with van der Waals surface area (Å²) in [6, 6.07) is 18.1. The number of para-hydroxylation sites is 1. The molecule has 2 aromatic rings. The number of esters is 1. The maximum atomic E-state index is 12.8. The van der Waals surface area contributed by atoms with E-state index in [9.17, 15) is 4.79 Å². The van der Waals surface area contributed by atoms with Crippen LogP contribution in [-0.2, 0) is 14.3 Å². The molecule has 1 saturated heterocycles. The Balaban J connectivity index is 1.87. The van der Waals surface area contributed by atoms with E-state index < -0.39 is 12.2 Å². The highest BCUT2D eigenvalue weighted by atomic mass is 16.7. The monoisotopic (exact) mass is 424 g/mol. The molecule has 1 heterocycles. The number of benzene rings is 2. The lowest BCUT2D eigenvalue weighted by atomic mass is 9.97. The van der Waals surface area contributed by atoms with Crippen molar-refractivity contribution in [1.29, 1.82) is 0 Å². The number of carbonyl (C=O) groups is 1. The van der Waals surface area contributed by atoms with Crippen molar-refractivity contribution >= 4 is 5.97 Å². The molecule has 0 N–H and O–H groups in total. The molecule has 0 aliphatic carbocycles. The van der Waals surface area contributed by atoms with Gasteiger partial charge in [0, 0.05) is 5.56 Å². The predicted octanol–water partition coefficient (Wildman–Crippen LogP) is 6.78. The predicted molar refractivity (Wildman–Crippen MR) is 124 cm³/mol. The summed E-state index contributed by atoms with van der Waals surface area (Å²) in [5.74, 6) is 0.101. The summed E-state index contributed by atoms with van der Waals surface area (Å²) in [6.07, 6.45) is 6.10. The molecule has 4 atom stereocenters. The van der Waals surface area contributed by atoms with E-state index in [2.05, 4.69) is 26.0 Å². The van der Waals surface area contributed by atoms with Crippen LogP contribution in [0.3, 0.4) is 0 Å². The Kier molecular flexibility index (Phi) is 8.96. The molecule has 2 aromatic carbocycles. The van der Waals surface area contributed by atoms with Crippen LogP contribution in [0, 0.1) is 5.92 Å². The highest BCUT2D eigenvalue weighted by molar-refractivity contribution is 5.74. The molecule has 1 aliphatic heterocycles. The van der Waals surface area contributed by atoms with Crippen molar-refractivity contribution in [3.05, 3.63) is 54.6 Å². The van der Waals surface area contributed by atoms with Crippen LogP contribution in [0.5, 0.6) is 5.75 Å². The molecular weight excluding hydrogens is 388 g/mol. The summed E-state index contributed by atoms with van der Waals surface area (Å²) in [7, 11) is 0. The molecule has 0 bridgehead atoms. The van der Waals surface area contributed by atoms with E-state index in [-0.39, 0.29) is 18.2 Å². The van der Waals surface area contributed by atoms with Crippen molar-refractivity contribution in [2.75, 3.05) is 0 Å². The molecule has 1 aliphatic rings. The Labute approximate surface area is 186 Å². The first-order chi connectivity index (χ1) is 15.1. The SMILES string of the molecule is CCCCC(CCC)OC(Oc1ccccc1-c1ccccc1)[C@@H]1CC[C@@H](C)OC1=O. The molecule has 0 radical (unpaired) electrons. The van der Waals surface area contributed by atoms with Crippen molar-refractivity contribution in [2.45, 2.75) is 84.2 Å². The van der Waals surface area contributed by atoms with Gasteiger partial charge in [-0.05, 0) is 44.2 Å². The number of cyclic esters (lactones) is 1. The van der Waals surface area contributed by atoms with Gasteiger partial charge in [0.25, 0.3) is 0 Å². The third-order valence-corrected chi connectivity index (χ3v) is 5.86. The van der Waals surface area contributed by atoms with Gasteiger partial charge in [0.05, 0.1) is 12.2 Å². The molecule has 0 spiro atoms. The van der Waals surface area contributed by atoms with E-state index in [1.807, 2.05) is 49.4 Å². The van der Waals surface area contributed by atoms with E-state index in [1.165, 1.54) is 0 Å². The molecule has 4 heteroatoms. The van der Waals surface area contributed by atoms with E-state index in [0.717, 1.165) is 55.4 Å². The van der Waals surface area contributed by atoms with Gasteiger partial charge in [-0.25, -0.2) is 0 Å². The lowest BCUT2D eigenvalue weighted by molar-refractivity contribution is -0.193. The van der Waals surface area contributed by atoms with Crippen LogP contribution in [-0.4, -0.2) is 24.5 Å². The number of hydrogen-bond acceptors (Lipinski definition) is 4. The number of rotatable bonds is 11. The second kappa shape index (κ2) is 11.9. The largest absolute Gasteiger partial charge is 0.463 e. The first-order valence-electron chi connectivity index (χ1n) is 11.8. The highest BCUT2D eigenvalue weighted by Crippen LogP contribution is 2.34. The molecular formula is C27H36O4. The van der Waals surface area contributed by atoms with Crippen LogP contribution in [0.4, 0.5) is 0 Å². The minimum atomic E-state index is -0.654.